The molecule has 0 aromatic heterocycles. The summed E-state index contributed by atoms with van der Waals surface area (Å²) in [5.41, 5.74) is 5.54. The van der Waals surface area contributed by atoms with Crippen molar-refractivity contribution in [1.29, 1.82) is 0 Å². The van der Waals surface area contributed by atoms with Gasteiger partial charge in [-0.15, -0.1) is 0 Å². The van der Waals surface area contributed by atoms with Gasteiger partial charge in [0.2, 0.25) is 0 Å². The number of hydrogen-bond acceptors (Lipinski definition) is 2. The summed E-state index contributed by atoms with van der Waals surface area (Å²) in [6.45, 7) is 4.95. The highest BCUT2D eigenvalue weighted by Gasteiger charge is 2.25. The number of Topliss-reactive ketones (excluding diaryl/α,β-unsaturated/α-hetero) is 1. The Morgan fingerprint density at radius 3 is 2.40 bits per heavy atom. The largest absolute Gasteiger partial charge is 0.330 e. The monoisotopic (exact) mass is 211 g/mol. The third-order valence-electron chi connectivity index (χ3n) is 3.83. The van der Waals surface area contributed by atoms with Crippen LogP contribution in [0.1, 0.15) is 52.4 Å². The van der Waals surface area contributed by atoms with Gasteiger partial charge in [-0.25, -0.2) is 0 Å². The lowest BCUT2D eigenvalue weighted by Crippen LogP contribution is -2.24. The molecule has 1 atom stereocenters. The van der Waals surface area contributed by atoms with Crippen molar-refractivity contribution >= 4 is 5.78 Å². The second-order valence-electron chi connectivity index (χ2n) is 5.14. The van der Waals surface area contributed by atoms with E-state index < -0.39 is 0 Å². The van der Waals surface area contributed by atoms with Crippen LogP contribution < -0.4 is 5.73 Å². The van der Waals surface area contributed by atoms with Gasteiger partial charge in [-0.3, -0.25) is 4.79 Å². The van der Waals surface area contributed by atoms with Gasteiger partial charge in [0.1, 0.15) is 5.78 Å². The highest BCUT2D eigenvalue weighted by atomic mass is 16.1. The molecule has 1 unspecified atom stereocenters. The molecule has 1 aliphatic rings. The highest BCUT2D eigenvalue weighted by Crippen LogP contribution is 2.32. The molecule has 0 amide bonds. The first-order valence-electron chi connectivity index (χ1n) is 6.40. The van der Waals surface area contributed by atoms with E-state index in [-0.39, 0.29) is 0 Å². The SMILES string of the molecule is CCC1CCC(C(=O)CC(C)CN)CC1. The molecule has 0 saturated heterocycles. The molecule has 0 spiro atoms. The summed E-state index contributed by atoms with van der Waals surface area (Å²) in [5, 5.41) is 0. The average molecular weight is 211 g/mol. The van der Waals surface area contributed by atoms with Gasteiger partial charge >= 0.3 is 0 Å². The molecule has 0 aromatic carbocycles. The normalized spacial score (nSPS) is 28.7. The summed E-state index contributed by atoms with van der Waals surface area (Å²) >= 11 is 0. The zero-order valence-electron chi connectivity index (χ0n) is 10.2. The van der Waals surface area contributed by atoms with Gasteiger partial charge in [0.15, 0.2) is 0 Å². The summed E-state index contributed by atoms with van der Waals surface area (Å²) in [4.78, 5) is 11.9. The van der Waals surface area contributed by atoms with Crippen LogP contribution in [0.15, 0.2) is 0 Å². The molecule has 2 nitrogen and oxygen atoms in total. The molecule has 15 heavy (non-hydrogen) atoms. The molecular weight excluding hydrogens is 186 g/mol. The Morgan fingerprint density at radius 2 is 1.93 bits per heavy atom. The first-order chi connectivity index (χ1) is 7.17. The zero-order chi connectivity index (χ0) is 11.3. The third-order valence-corrected chi connectivity index (χ3v) is 3.83. The first kappa shape index (κ1) is 12.7. The van der Waals surface area contributed by atoms with Crippen molar-refractivity contribution in [3.05, 3.63) is 0 Å². The van der Waals surface area contributed by atoms with Crippen LogP contribution in [0.5, 0.6) is 0 Å². The predicted octanol–water partition coefficient (Wildman–Crippen LogP) is 2.76. The first-order valence-corrected chi connectivity index (χ1v) is 6.40. The van der Waals surface area contributed by atoms with E-state index >= 15 is 0 Å². The molecule has 1 fully saturated rings. The van der Waals surface area contributed by atoms with Crippen LogP contribution in [0.25, 0.3) is 0 Å². The van der Waals surface area contributed by atoms with E-state index in [0.29, 0.717) is 30.6 Å². The molecule has 88 valence electrons. The van der Waals surface area contributed by atoms with E-state index in [4.69, 9.17) is 5.73 Å². The Balaban J connectivity index is 2.30. The molecule has 2 N–H and O–H groups in total. The lowest BCUT2D eigenvalue weighted by Gasteiger charge is -2.27. The fourth-order valence-electron chi connectivity index (χ4n) is 2.49. The Kier molecular flexibility index (Phi) is 5.30. The van der Waals surface area contributed by atoms with Gasteiger partial charge in [-0.2, -0.15) is 0 Å². The molecule has 1 rings (SSSR count). The predicted molar refractivity (Wildman–Crippen MR) is 63.6 cm³/mol. The summed E-state index contributed by atoms with van der Waals surface area (Å²) in [6, 6.07) is 0. The molecule has 0 aromatic rings. The van der Waals surface area contributed by atoms with Crippen LogP contribution in [-0.4, -0.2) is 12.3 Å². The maximum atomic E-state index is 11.9. The maximum absolute atomic E-state index is 11.9. The fourth-order valence-corrected chi connectivity index (χ4v) is 2.49. The molecule has 0 bridgehead atoms. The summed E-state index contributed by atoms with van der Waals surface area (Å²) in [6.07, 6.45) is 6.72. The van der Waals surface area contributed by atoms with Gasteiger partial charge in [-0.05, 0) is 44.1 Å². The van der Waals surface area contributed by atoms with Crippen LogP contribution in [-0.2, 0) is 4.79 Å². The highest BCUT2D eigenvalue weighted by molar-refractivity contribution is 5.81. The standard InChI is InChI=1S/C13H25NO/c1-3-11-4-6-12(7-5-11)13(15)8-10(2)9-14/h10-12H,3-9,14H2,1-2H3. The Hall–Kier alpha value is -0.370. The molecule has 1 saturated carbocycles. The lowest BCUT2D eigenvalue weighted by atomic mass is 9.77. The van der Waals surface area contributed by atoms with Crippen molar-refractivity contribution in [2.24, 2.45) is 23.5 Å². The number of carbonyl (C=O) groups excluding carboxylic acids is 1. The van der Waals surface area contributed by atoms with E-state index in [0.717, 1.165) is 18.8 Å². The van der Waals surface area contributed by atoms with Crippen LogP contribution in [0, 0.1) is 17.8 Å². The molecule has 0 aliphatic heterocycles. The van der Waals surface area contributed by atoms with Crippen molar-refractivity contribution < 1.29 is 4.79 Å². The number of ketones is 1. The van der Waals surface area contributed by atoms with Gasteiger partial charge in [0.05, 0.1) is 0 Å². The minimum Gasteiger partial charge on any atom is -0.330 e. The number of hydrogen-bond donors (Lipinski definition) is 1. The molecule has 1 aliphatic carbocycles. The van der Waals surface area contributed by atoms with Gasteiger partial charge in [-0.1, -0.05) is 20.3 Å². The van der Waals surface area contributed by atoms with Crippen molar-refractivity contribution in [3.8, 4) is 0 Å². The van der Waals surface area contributed by atoms with Crippen LogP contribution in [0.3, 0.4) is 0 Å². The minimum absolute atomic E-state index is 0.349. The summed E-state index contributed by atoms with van der Waals surface area (Å²) in [5.74, 6) is 2.05. The fraction of sp³-hybridized carbons (Fsp3) is 0.923. The minimum atomic E-state index is 0.349. The van der Waals surface area contributed by atoms with E-state index in [1.54, 1.807) is 0 Å². The summed E-state index contributed by atoms with van der Waals surface area (Å²) in [7, 11) is 0. The van der Waals surface area contributed by atoms with Crippen LogP contribution in [0.2, 0.25) is 0 Å². The van der Waals surface area contributed by atoms with Crippen molar-refractivity contribution in [3.63, 3.8) is 0 Å². The molecule has 2 heteroatoms. The quantitative estimate of drug-likeness (QED) is 0.760. The molecule has 0 heterocycles. The Morgan fingerprint density at radius 1 is 1.33 bits per heavy atom. The van der Waals surface area contributed by atoms with Crippen molar-refractivity contribution in [1.82, 2.24) is 0 Å². The van der Waals surface area contributed by atoms with Crippen molar-refractivity contribution in [2.75, 3.05) is 6.54 Å². The van der Waals surface area contributed by atoms with Crippen molar-refractivity contribution in [2.45, 2.75) is 52.4 Å². The van der Waals surface area contributed by atoms with E-state index in [1.807, 2.05) is 0 Å². The Bertz CT molecular complexity index is 195. The lowest BCUT2D eigenvalue weighted by molar-refractivity contribution is -0.124. The number of rotatable bonds is 5. The number of nitrogens with two attached hydrogens (primary N) is 1. The van der Waals surface area contributed by atoms with Crippen LogP contribution in [0.4, 0.5) is 0 Å². The second-order valence-corrected chi connectivity index (χ2v) is 5.14. The second kappa shape index (κ2) is 6.26. The van der Waals surface area contributed by atoms with E-state index in [2.05, 4.69) is 13.8 Å². The van der Waals surface area contributed by atoms with Gasteiger partial charge < -0.3 is 5.73 Å². The smallest absolute Gasteiger partial charge is 0.136 e. The topological polar surface area (TPSA) is 43.1 Å². The zero-order valence-corrected chi connectivity index (χ0v) is 10.2. The molecular formula is C13H25NO. The van der Waals surface area contributed by atoms with E-state index in [9.17, 15) is 4.79 Å². The maximum Gasteiger partial charge on any atom is 0.136 e. The van der Waals surface area contributed by atoms with Gasteiger partial charge in [0.25, 0.3) is 0 Å². The van der Waals surface area contributed by atoms with Crippen LogP contribution >= 0.6 is 0 Å². The Labute approximate surface area is 93.6 Å². The van der Waals surface area contributed by atoms with Gasteiger partial charge in [0, 0.05) is 12.3 Å². The number of carbonyl (C=O) groups is 1. The van der Waals surface area contributed by atoms with E-state index in [1.165, 1.54) is 19.3 Å². The molecule has 0 radical (unpaired) electrons. The third kappa shape index (κ3) is 3.94. The average Bonchev–Trinajstić information content (AvgIpc) is 2.29. The summed E-state index contributed by atoms with van der Waals surface area (Å²) < 4.78 is 0.